The quantitative estimate of drug-likeness (QED) is 0.722. The van der Waals surface area contributed by atoms with Gasteiger partial charge < -0.3 is 16.2 Å². The molecule has 0 heterocycles. The Balaban J connectivity index is 2.67. The minimum absolute atomic E-state index is 0.180. The van der Waals surface area contributed by atoms with E-state index in [9.17, 15) is 22.8 Å². The SMILES string of the molecule is CC(NC(=O)CCc1ccc(N)cc1)(C(=O)O)C(F)(F)F. The number of nitrogens with one attached hydrogen (secondary N) is 1. The van der Waals surface area contributed by atoms with E-state index in [0.717, 1.165) is 0 Å². The third-order valence-electron chi connectivity index (χ3n) is 3.00. The van der Waals surface area contributed by atoms with Crippen molar-refractivity contribution in [3.05, 3.63) is 29.8 Å². The second-order valence-electron chi connectivity index (χ2n) is 4.72. The van der Waals surface area contributed by atoms with Crippen LogP contribution in [0.4, 0.5) is 18.9 Å². The monoisotopic (exact) mass is 304 g/mol. The summed E-state index contributed by atoms with van der Waals surface area (Å²) in [5, 5.41) is 10.2. The van der Waals surface area contributed by atoms with Crippen molar-refractivity contribution >= 4 is 17.6 Å². The first-order valence-electron chi connectivity index (χ1n) is 6.02. The molecule has 0 radical (unpaired) electrons. The Bertz CT molecular complexity index is 528. The van der Waals surface area contributed by atoms with Gasteiger partial charge in [0.05, 0.1) is 0 Å². The summed E-state index contributed by atoms with van der Waals surface area (Å²) in [6.07, 6.45) is -5.17. The van der Waals surface area contributed by atoms with E-state index in [4.69, 9.17) is 10.8 Å². The molecule has 116 valence electrons. The number of carboxylic acid groups (broad SMARTS) is 1. The molecule has 0 aliphatic carbocycles. The molecular formula is C13H15F3N2O3. The molecule has 0 saturated carbocycles. The zero-order valence-electron chi connectivity index (χ0n) is 11.2. The molecular weight excluding hydrogens is 289 g/mol. The van der Waals surface area contributed by atoms with Crippen molar-refractivity contribution in [1.29, 1.82) is 0 Å². The smallest absolute Gasteiger partial charge is 0.422 e. The molecule has 1 aromatic rings. The van der Waals surface area contributed by atoms with Crippen molar-refractivity contribution in [2.45, 2.75) is 31.5 Å². The van der Waals surface area contributed by atoms with Gasteiger partial charge in [-0.25, -0.2) is 4.79 Å². The van der Waals surface area contributed by atoms with Crippen molar-refractivity contribution in [3.8, 4) is 0 Å². The Morgan fingerprint density at radius 2 is 1.76 bits per heavy atom. The number of carboxylic acids is 1. The number of anilines is 1. The van der Waals surface area contributed by atoms with Gasteiger partial charge in [0.1, 0.15) is 0 Å². The number of rotatable bonds is 5. The number of nitrogen functional groups attached to an aromatic ring is 1. The van der Waals surface area contributed by atoms with Gasteiger partial charge in [-0.2, -0.15) is 13.2 Å². The lowest BCUT2D eigenvalue weighted by Crippen LogP contribution is -2.61. The lowest BCUT2D eigenvalue weighted by atomic mass is 10.0. The number of carbonyl (C=O) groups excluding carboxylic acids is 1. The second kappa shape index (κ2) is 6.02. The van der Waals surface area contributed by atoms with Crippen molar-refractivity contribution < 1.29 is 27.9 Å². The van der Waals surface area contributed by atoms with Crippen molar-refractivity contribution in [3.63, 3.8) is 0 Å². The van der Waals surface area contributed by atoms with E-state index in [0.29, 0.717) is 18.2 Å². The zero-order chi connectivity index (χ0) is 16.3. The minimum Gasteiger partial charge on any atom is -0.479 e. The first kappa shape index (κ1) is 16.8. The van der Waals surface area contributed by atoms with Crippen LogP contribution < -0.4 is 11.1 Å². The average Bonchev–Trinajstić information content (AvgIpc) is 2.36. The molecule has 1 rings (SSSR count). The second-order valence-corrected chi connectivity index (χ2v) is 4.72. The van der Waals surface area contributed by atoms with Crippen molar-refractivity contribution in [1.82, 2.24) is 5.32 Å². The molecule has 4 N–H and O–H groups in total. The van der Waals surface area contributed by atoms with Gasteiger partial charge in [-0.05, 0) is 31.0 Å². The van der Waals surface area contributed by atoms with E-state index >= 15 is 0 Å². The molecule has 0 fully saturated rings. The molecule has 5 nitrogen and oxygen atoms in total. The Kier molecular flexibility index (Phi) is 4.82. The first-order valence-corrected chi connectivity index (χ1v) is 6.02. The summed E-state index contributed by atoms with van der Waals surface area (Å²) in [6.45, 7) is 0.413. The van der Waals surface area contributed by atoms with Gasteiger partial charge in [0.25, 0.3) is 0 Å². The Labute approximate surface area is 118 Å². The lowest BCUT2D eigenvalue weighted by Gasteiger charge is -2.28. The Hall–Kier alpha value is -2.25. The zero-order valence-corrected chi connectivity index (χ0v) is 11.2. The number of hydrogen-bond acceptors (Lipinski definition) is 3. The summed E-state index contributed by atoms with van der Waals surface area (Å²) in [6, 6.07) is 6.49. The highest BCUT2D eigenvalue weighted by atomic mass is 19.4. The van der Waals surface area contributed by atoms with Crippen LogP contribution >= 0.6 is 0 Å². The summed E-state index contributed by atoms with van der Waals surface area (Å²) in [4.78, 5) is 22.3. The van der Waals surface area contributed by atoms with Gasteiger partial charge in [0, 0.05) is 12.1 Å². The number of alkyl halides is 3. The molecule has 1 amide bonds. The number of benzene rings is 1. The molecule has 0 spiro atoms. The maximum absolute atomic E-state index is 12.7. The molecule has 1 unspecified atom stereocenters. The number of halogens is 3. The Morgan fingerprint density at radius 3 is 2.19 bits per heavy atom. The Morgan fingerprint density at radius 1 is 1.24 bits per heavy atom. The van der Waals surface area contributed by atoms with Gasteiger partial charge in [-0.3, -0.25) is 4.79 Å². The fourth-order valence-electron chi connectivity index (χ4n) is 1.53. The van der Waals surface area contributed by atoms with Gasteiger partial charge in [0.2, 0.25) is 11.4 Å². The van der Waals surface area contributed by atoms with Crippen LogP contribution in [-0.2, 0) is 16.0 Å². The average molecular weight is 304 g/mol. The van der Waals surface area contributed by atoms with Crippen LogP contribution in [0.5, 0.6) is 0 Å². The summed E-state index contributed by atoms with van der Waals surface area (Å²) >= 11 is 0. The normalized spacial score (nSPS) is 14.3. The van der Waals surface area contributed by atoms with Gasteiger partial charge >= 0.3 is 12.1 Å². The summed E-state index contributed by atoms with van der Waals surface area (Å²) in [7, 11) is 0. The molecule has 0 saturated heterocycles. The molecule has 0 aliphatic rings. The van der Waals surface area contributed by atoms with Gasteiger partial charge in [-0.15, -0.1) is 0 Å². The van der Waals surface area contributed by atoms with Crippen LogP contribution in [0, 0.1) is 0 Å². The highest BCUT2D eigenvalue weighted by molar-refractivity contribution is 5.87. The predicted molar refractivity (Wildman–Crippen MR) is 69.4 cm³/mol. The summed E-state index contributed by atoms with van der Waals surface area (Å²) < 4.78 is 38.1. The largest absolute Gasteiger partial charge is 0.479 e. The van der Waals surface area contributed by atoms with Gasteiger partial charge in [0.15, 0.2) is 0 Å². The summed E-state index contributed by atoms with van der Waals surface area (Å²) in [5.41, 5.74) is 3.42. The fraction of sp³-hybridized carbons (Fsp3) is 0.385. The van der Waals surface area contributed by atoms with E-state index < -0.39 is 23.6 Å². The van der Waals surface area contributed by atoms with E-state index in [-0.39, 0.29) is 12.8 Å². The number of carbonyl (C=O) groups is 2. The standard InChI is InChI=1S/C13H15F3N2O3/c1-12(11(20)21,13(14,15)16)18-10(19)7-4-8-2-5-9(17)6-3-8/h2-3,5-6H,4,7,17H2,1H3,(H,18,19)(H,20,21). The highest BCUT2D eigenvalue weighted by Gasteiger charge is 2.58. The minimum atomic E-state index is -5.09. The highest BCUT2D eigenvalue weighted by Crippen LogP contribution is 2.30. The van der Waals surface area contributed by atoms with Gasteiger partial charge in [-0.1, -0.05) is 12.1 Å². The van der Waals surface area contributed by atoms with E-state index in [1.807, 2.05) is 0 Å². The van der Waals surface area contributed by atoms with E-state index in [1.54, 1.807) is 24.3 Å². The molecule has 0 aliphatic heterocycles. The topological polar surface area (TPSA) is 92.4 Å². The molecule has 8 heteroatoms. The number of aryl methyl sites for hydroxylation is 1. The van der Waals surface area contributed by atoms with Crippen LogP contribution in [0.2, 0.25) is 0 Å². The van der Waals surface area contributed by atoms with E-state index in [2.05, 4.69) is 0 Å². The third kappa shape index (κ3) is 4.11. The maximum atomic E-state index is 12.7. The van der Waals surface area contributed by atoms with E-state index in [1.165, 1.54) is 5.32 Å². The molecule has 0 aromatic heterocycles. The molecule has 0 bridgehead atoms. The maximum Gasteiger partial charge on any atom is 0.422 e. The van der Waals surface area contributed by atoms with Crippen molar-refractivity contribution in [2.75, 3.05) is 5.73 Å². The third-order valence-corrected chi connectivity index (χ3v) is 3.00. The van der Waals surface area contributed by atoms with Crippen LogP contribution in [0.15, 0.2) is 24.3 Å². The molecule has 21 heavy (non-hydrogen) atoms. The lowest BCUT2D eigenvalue weighted by molar-refractivity contribution is -0.206. The summed E-state index contributed by atoms with van der Waals surface area (Å²) in [5.74, 6) is -3.15. The van der Waals surface area contributed by atoms with Crippen molar-refractivity contribution in [2.24, 2.45) is 0 Å². The van der Waals surface area contributed by atoms with Crippen LogP contribution in [0.3, 0.4) is 0 Å². The number of hydrogen-bond donors (Lipinski definition) is 3. The predicted octanol–water partition coefficient (Wildman–Crippen LogP) is 1.72. The van der Waals surface area contributed by atoms with Crippen LogP contribution in [-0.4, -0.2) is 28.7 Å². The molecule has 1 atom stereocenters. The first-order chi connectivity index (χ1) is 9.56. The number of aliphatic carboxylic acids is 1. The van der Waals surface area contributed by atoms with Crippen LogP contribution in [0.1, 0.15) is 18.9 Å². The number of amides is 1. The molecule has 1 aromatic carbocycles. The fourth-order valence-corrected chi connectivity index (χ4v) is 1.53. The van der Waals surface area contributed by atoms with Crippen LogP contribution in [0.25, 0.3) is 0 Å². The number of nitrogens with two attached hydrogens (primary N) is 1.